The topological polar surface area (TPSA) is 55.1 Å². The van der Waals surface area contributed by atoms with E-state index >= 15 is 0 Å². The molecule has 2 aliphatic carbocycles. The number of benzene rings is 1. The molecular weight excluding hydrogens is 256 g/mol. The first-order chi connectivity index (χ1) is 9.10. The Bertz CT molecular complexity index is 489. The molecule has 19 heavy (non-hydrogen) atoms. The van der Waals surface area contributed by atoms with Gasteiger partial charge in [0.05, 0.1) is 5.41 Å². The number of carbonyl (C=O) groups is 1. The monoisotopic (exact) mass is 276 g/mol. The van der Waals surface area contributed by atoms with Crippen LogP contribution in [0.2, 0.25) is 0 Å². The third-order valence-corrected chi connectivity index (χ3v) is 5.88. The minimum absolute atomic E-state index is 0.192. The van der Waals surface area contributed by atoms with Gasteiger partial charge < -0.3 is 11.1 Å². The lowest BCUT2D eigenvalue weighted by Crippen LogP contribution is -2.39. The second-order valence-corrected chi connectivity index (χ2v) is 7.05. The van der Waals surface area contributed by atoms with Crippen molar-refractivity contribution in [2.45, 2.75) is 35.8 Å². The lowest BCUT2D eigenvalue weighted by atomic mass is 9.94. The van der Waals surface area contributed by atoms with Crippen LogP contribution >= 0.6 is 11.8 Å². The van der Waals surface area contributed by atoms with Crippen LogP contribution in [-0.4, -0.2) is 23.5 Å². The third kappa shape index (κ3) is 2.34. The number of hydrogen-bond donors (Lipinski definition) is 2. The number of anilines is 1. The molecular formula is C15H20N2OS. The molecule has 0 bridgehead atoms. The molecule has 1 aromatic carbocycles. The van der Waals surface area contributed by atoms with E-state index in [9.17, 15) is 4.79 Å². The smallest absolute Gasteiger partial charge is 0.230 e. The van der Waals surface area contributed by atoms with Gasteiger partial charge in [-0.3, -0.25) is 4.79 Å². The number of carbonyl (C=O) groups excluding carboxylic acids is 1. The van der Waals surface area contributed by atoms with Crippen molar-refractivity contribution in [3.8, 4) is 0 Å². The predicted octanol–water partition coefficient (Wildman–Crippen LogP) is 2.31. The number of rotatable bonds is 5. The van der Waals surface area contributed by atoms with Crippen molar-refractivity contribution in [3.05, 3.63) is 29.8 Å². The van der Waals surface area contributed by atoms with Gasteiger partial charge in [0, 0.05) is 17.0 Å². The zero-order valence-electron chi connectivity index (χ0n) is 11.2. The summed E-state index contributed by atoms with van der Waals surface area (Å²) < 4.78 is 0.326. The second kappa shape index (κ2) is 4.44. The average molecular weight is 276 g/mol. The van der Waals surface area contributed by atoms with Gasteiger partial charge >= 0.3 is 0 Å². The van der Waals surface area contributed by atoms with Gasteiger partial charge in [0.1, 0.15) is 0 Å². The number of amides is 1. The van der Waals surface area contributed by atoms with Crippen LogP contribution in [0.5, 0.6) is 0 Å². The first-order valence-electron chi connectivity index (χ1n) is 6.80. The van der Waals surface area contributed by atoms with Crippen LogP contribution in [0.1, 0.15) is 31.2 Å². The standard InChI is InChI=1S/C15H20N2OS/c1-19-14(6-7-14)10-17-13(18)15(8-9-15)11-2-4-12(16)5-3-11/h2-5H,6-10,16H2,1H3,(H,17,18). The van der Waals surface area contributed by atoms with Gasteiger partial charge in [-0.15, -0.1) is 0 Å². The largest absolute Gasteiger partial charge is 0.399 e. The van der Waals surface area contributed by atoms with Crippen molar-refractivity contribution in [1.29, 1.82) is 0 Å². The highest BCUT2D eigenvalue weighted by molar-refractivity contribution is 8.00. The van der Waals surface area contributed by atoms with Crippen molar-refractivity contribution >= 4 is 23.4 Å². The first kappa shape index (κ1) is 12.9. The molecule has 2 aliphatic rings. The van der Waals surface area contributed by atoms with Gasteiger partial charge in [0.15, 0.2) is 0 Å². The first-order valence-corrected chi connectivity index (χ1v) is 8.02. The molecule has 1 amide bonds. The molecule has 3 rings (SSSR count). The van der Waals surface area contributed by atoms with Crippen molar-refractivity contribution in [1.82, 2.24) is 5.32 Å². The zero-order chi connectivity index (χ0) is 13.5. The van der Waals surface area contributed by atoms with E-state index in [1.165, 1.54) is 12.8 Å². The maximum absolute atomic E-state index is 12.5. The molecule has 0 radical (unpaired) electrons. The molecule has 0 spiro atoms. The predicted molar refractivity (Wildman–Crippen MR) is 80.3 cm³/mol. The van der Waals surface area contributed by atoms with Gasteiger partial charge in [0.2, 0.25) is 5.91 Å². The molecule has 0 heterocycles. The lowest BCUT2D eigenvalue weighted by molar-refractivity contribution is -0.123. The van der Waals surface area contributed by atoms with Crippen LogP contribution < -0.4 is 11.1 Å². The quantitative estimate of drug-likeness (QED) is 0.811. The van der Waals surface area contributed by atoms with E-state index < -0.39 is 0 Å². The molecule has 2 saturated carbocycles. The Kier molecular flexibility index (Phi) is 3.01. The Morgan fingerprint density at radius 3 is 2.37 bits per heavy atom. The van der Waals surface area contributed by atoms with E-state index in [0.717, 1.165) is 30.6 Å². The maximum atomic E-state index is 12.5. The van der Waals surface area contributed by atoms with Crippen molar-refractivity contribution in [2.24, 2.45) is 0 Å². The minimum Gasteiger partial charge on any atom is -0.399 e. The molecule has 2 fully saturated rings. The van der Waals surface area contributed by atoms with E-state index in [0.29, 0.717) is 4.75 Å². The molecule has 102 valence electrons. The Balaban J connectivity index is 1.67. The molecule has 1 aromatic rings. The van der Waals surface area contributed by atoms with Gasteiger partial charge in [-0.05, 0) is 49.6 Å². The highest BCUT2D eigenvalue weighted by atomic mass is 32.2. The van der Waals surface area contributed by atoms with E-state index in [-0.39, 0.29) is 11.3 Å². The molecule has 4 heteroatoms. The SMILES string of the molecule is CSC1(CNC(=O)C2(c3ccc(N)cc3)CC2)CC1. The molecule has 0 unspecified atom stereocenters. The summed E-state index contributed by atoms with van der Waals surface area (Å²) in [4.78, 5) is 12.5. The van der Waals surface area contributed by atoms with Crippen LogP contribution in [0.25, 0.3) is 0 Å². The lowest BCUT2D eigenvalue weighted by Gasteiger charge is -2.19. The van der Waals surface area contributed by atoms with Gasteiger partial charge in [-0.2, -0.15) is 11.8 Å². The van der Waals surface area contributed by atoms with Gasteiger partial charge in [-0.1, -0.05) is 12.1 Å². The Hall–Kier alpha value is -1.16. The maximum Gasteiger partial charge on any atom is 0.230 e. The second-order valence-electron chi connectivity index (χ2n) is 5.77. The number of thioether (sulfide) groups is 1. The van der Waals surface area contributed by atoms with Gasteiger partial charge in [0.25, 0.3) is 0 Å². The molecule has 0 saturated heterocycles. The van der Waals surface area contributed by atoms with Crippen LogP contribution in [0.3, 0.4) is 0 Å². The van der Waals surface area contributed by atoms with Crippen molar-refractivity contribution < 1.29 is 4.79 Å². The molecule has 3 N–H and O–H groups in total. The third-order valence-electron chi connectivity index (χ3n) is 4.46. The Morgan fingerprint density at radius 2 is 1.89 bits per heavy atom. The molecule has 0 aromatic heterocycles. The summed E-state index contributed by atoms with van der Waals surface area (Å²) in [7, 11) is 0. The van der Waals surface area contributed by atoms with Crippen LogP contribution in [0.15, 0.2) is 24.3 Å². The summed E-state index contributed by atoms with van der Waals surface area (Å²) in [5, 5.41) is 3.16. The fourth-order valence-electron chi connectivity index (χ4n) is 2.58. The Morgan fingerprint density at radius 1 is 1.26 bits per heavy atom. The summed E-state index contributed by atoms with van der Waals surface area (Å²) in [6.45, 7) is 0.809. The highest BCUT2D eigenvalue weighted by Gasteiger charge is 2.52. The van der Waals surface area contributed by atoms with Crippen LogP contribution in [0, 0.1) is 0 Å². The Labute approximate surface area is 118 Å². The summed E-state index contributed by atoms with van der Waals surface area (Å²) in [5.74, 6) is 0.192. The molecule has 3 nitrogen and oxygen atoms in total. The van der Waals surface area contributed by atoms with E-state index in [1.807, 2.05) is 36.0 Å². The molecule has 0 atom stereocenters. The average Bonchev–Trinajstić information content (AvgIpc) is 3.32. The van der Waals surface area contributed by atoms with E-state index in [4.69, 9.17) is 5.73 Å². The van der Waals surface area contributed by atoms with Crippen molar-refractivity contribution in [2.75, 3.05) is 18.5 Å². The van der Waals surface area contributed by atoms with Gasteiger partial charge in [-0.25, -0.2) is 0 Å². The number of hydrogen-bond acceptors (Lipinski definition) is 3. The zero-order valence-corrected chi connectivity index (χ0v) is 12.1. The normalized spacial score (nSPS) is 21.7. The molecule has 0 aliphatic heterocycles. The van der Waals surface area contributed by atoms with Crippen molar-refractivity contribution in [3.63, 3.8) is 0 Å². The van der Waals surface area contributed by atoms with Crippen LogP contribution in [0.4, 0.5) is 5.69 Å². The summed E-state index contributed by atoms with van der Waals surface area (Å²) in [5.41, 5.74) is 7.28. The fourth-order valence-corrected chi connectivity index (χ4v) is 3.30. The minimum atomic E-state index is -0.276. The summed E-state index contributed by atoms with van der Waals surface area (Å²) in [6, 6.07) is 7.74. The number of nitrogens with two attached hydrogens (primary N) is 1. The number of nitrogen functional groups attached to an aromatic ring is 1. The number of nitrogens with one attached hydrogen (secondary N) is 1. The summed E-state index contributed by atoms with van der Waals surface area (Å²) >= 11 is 1.88. The van der Waals surface area contributed by atoms with Crippen LogP contribution in [-0.2, 0) is 10.2 Å². The van der Waals surface area contributed by atoms with E-state index in [2.05, 4.69) is 11.6 Å². The fraction of sp³-hybridized carbons (Fsp3) is 0.533. The van der Waals surface area contributed by atoms with E-state index in [1.54, 1.807) is 0 Å². The highest BCUT2D eigenvalue weighted by Crippen LogP contribution is 2.50. The summed E-state index contributed by atoms with van der Waals surface area (Å²) in [6.07, 6.45) is 6.49.